The molecule has 0 fully saturated rings. The molecule has 0 aliphatic heterocycles. The Hall–Kier alpha value is -1.19. The van der Waals surface area contributed by atoms with Crippen molar-refractivity contribution >= 4 is 22.1 Å². The lowest BCUT2D eigenvalue weighted by molar-refractivity contribution is -0.158. The summed E-state index contributed by atoms with van der Waals surface area (Å²) < 4.78 is 27.8. The topological polar surface area (TPSA) is 136 Å². The number of hydrogen-bond acceptors (Lipinski definition) is 5. The minimum Gasteiger partial charge on any atom is -0.480 e. The van der Waals surface area contributed by atoms with E-state index in [9.17, 15) is 18.0 Å². The fourth-order valence-corrected chi connectivity index (χ4v) is 1.51. The molecule has 0 saturated heterocycles. The molecule has 0 aromatic rings. The highest BCUT2D eigenvalue weighted by molar-refractivity contribution is 7.87. The minimum absolute atomic E-state index is 0.636. The van der Waals surface area contributed by atoms with E-state index in [1.165, 1.54) is 0 Å². The fourth-order valence-electron chi connectivity index (χ4n) is 0.928. The molecule has 0 saturated carbocycles. The maximum Gasteiger partial charge on any atom is 0.322 e. The molecule has 4 N–H and O–H groups in total. The average Bonchev–Trinajstić information content (AvgIpc) is 1.95. The van der Waals surface area contributed by atoms with Crippen LogP contribution in [0.5, 0.6) is 0 Å². The first-order chi connectivity index (χ1) is 7.41. The number of rotatable bonds is 5. The smallest absolute Gasteiger partial charge is 0.322 e. The van der Waals surface area contributed by atoms with Gasteiger partial charge in [0.25, 0.3) is 10.2 Å². The van der Waals surface area contributed by atoms with Gasteiger partial charge in [0.2, 0.25) is 0 Å². The van der Waals surface area contributed by atoms with Crippen LogP contribution in [0.4, 0.5) is 0 Å². The maximum atomic E-state index is 11.3. The van der Waals surface area contributed by atoms with Crippen molar-refractivity contribution in [2.24, 2.45) is 5.14 Å². The van der Waals surface area contributed by atoms with Gasteiger partial charge in [-0.25, -0.2) is 5.14 Å². The third kappa shape index (κ3) is 8.60. The molecule has 17 heavy (non-hydrogen) atoms. The van der Waals surface area contributed by atoms with Crippen molar-refractivity contribution in [3.8, 4) is 0 Å². The van der Waals surface area contributed by atoms with E-state index in [2.05, 4.69) is 5.14 Å². The Morgan fingerprint density at radius 2 is 1.88 bits per heavy atom. The first-order valence-electron chi connectivity index (χ1n) is 4.65. The Morgan fingerprint density at radius 3 is 2.18 bits per heavy atom. The van der Waals surface area contributed by atoms with Crippen LogP contribution in [0.15, 0.2) is 0 Å². The molecule has 0 aromatic heterocycles. The van der Waals surface area contributed by atoms with Gasteiger partial charge in [-0.15, -0.1) is 0 Å². The molecule has 0 aliphatic carbocycles. The van der Waals surface area contributed by atoms with Crippen molar-refractivity contribution in [1.29, 1.82) is 0 Å². The molecule has 0 rings (SSSR count). The summed E-state index contributed by atoms with van der Waals surface area (Å²) in [6.45, 7) is 4.81. The van der Waals surface area contributed by atoms with E-state index in [1.54, 1.807) is 25.5 Å². The SMILES string of the molecule is CC(C)(C)OC(=O)C[C@H](NS(N)(=O)=O)C(=O)O. The minimum atomic E-state index is -4.20. The molecule has 0 radical (unpaired) electrons. The van der Waals surface area contributed by atoms with Crippen LogP contribution in [0, 0.1) is 0 Å². The van der Waals surface area contributed by atoms with Crippen molar-refractivity contribution in [2.45, 2.75) is 38.8 Å². The summed E-state index contributed by atoms with van der Waals surface area (Å²) >= 11 is 0. The van der Waals surface area contributed by atoms with Gasteiger partial charge in [0.1, 0.15) is 11.6 Å². The van der Waals surface area contributed by atoms with E-state index in [1.807, 2.05) is 0 Å². The first-order valence-corrected chi connectivity index (χ1v) is 6.20. The molecule has 0 bridgehead atoms. The summed E-state index contributed by atoms with van der Waals surface area (Å²) in [7, 11) is -4.20. The lowest BCUT2D eigenvalue weighted by Crippen LogP contribution is -2.45. The molecule has 0 heterocycles. The summed E-state index contributed by atoms with van der Waals surface area (Å²) in [6.07, 6.45) is -0.636. The van der Waals surface area contributed by atoms with Gasteiger partial charge in [0.15, 0.2) is 0 Å². The number of carbonyl (C=O) groups excluding carboxylic acids is 1. The molecule has 0 unspecified atom stereocenters. The van der Waals surface area contributed by atoms with Gasteiger partial charge >= 0.3 is 11.9 Å². The Kier molecular flexibility index (Phi) is 5.05. The zero-order chi connectivity index (χ0) is 13.9. The van der Waals surface area contributed by atoms with E-state index >= 15 is 0 Å². The van der Waals surface area contributed by atoms with Crippen molar-refractivity contribution in [1.82, 2.24) is 4.72 Å². The Morgan fingerprint density at radius 1 is 1.41 bits per heavy atom. The average molecular weight is 268 g/mol. The van der Waals surface area contributed by atoms with Crippen LogP contribution in [0.2, 0.25) is 0 Å². The summed E-state index contributed by atoms with van der Waals surface area (Å²) in [6, 6.07) is -1.64. The van der Waals surface area contributed by atoms with Gasteiger partial charge in [0, 0.05) is 0 Å². The van der Waals surface area contributed by atoms with Crippen LogP contribution in [-0.2, 0) is 24.5 Å². The van der Waals surface area contributed by atoms with Crippen LogP contribution >= 0.6 is 0 Å². The predicted molar refractivity (Wildman–Crippen MR) is 58.1 cm³/mol. The summed E-state index contributed by atoms with van der Waals surface area (Å²) in [5.74, 6) is -2.34. The number of carboxylic acid groups (broad SMARTS) is 1. The molecule has 0 aliphatic rings. The van der Waals surface area contributed by atoms with Gasteiger partial charge in [0.05, 0.1) is 6.42 Å². The van der Waals surface area contributed by atoms with E-state index < -0.39 is 40.2 Å². The zero-order valence-corrected chi connectivity index (χ0v) is 10.6. The van der Waals surface area contributed by atoms with Gasteiger partial charge in [-0.3, -0.25) is 9.59 Å². The molecular weight excluding hydrogens is 252 g/mol. The summed E-state index contributed by atoms with van der Waals surface area (Å²) in [5, 5.41) is 13.3. The zero-order valence-electron chi connectivity index (χ0n) is 9.76. The molecular formula is C8H16N2O6S. The quantitative estimate of drug-likeness (QED) is 0.545. The Bertz CT molecular complexity index is 397. The number of carbonyl (C=O) groups is 2. The van der Waals surface area contributed by atoms with E-state index in [0.29, 0.717) is 0 Å². The second-order valence-electron chi connectivity index (χ2n) is 4.34. The van der Waals surface area contributed by atoms with Crippen LogP contribution < -0.4 is 9.86 Å². The number of carboxylic acids is 1. The molecule has 0 spiro atoms. The summed E-state index contributed by atoms with van der Waals surface area (Å²) in [5.41, 5.74) is -0.776. The highest BCUT2D eigenvalue weighted by atomic mass is 32.2. The monoisotopic (exact) mass is 268 g/mol. The molecule has 0 amide bonds. The lowest BCUT2D eigenvalue weighted by Gasteiger charge is -2.20. The molecule has 9 heteroatoms. The van der Waals surface area contributed by atoms with Crippen LogP contribution in [0.1, 0.15) is 27.2 Å². The highest BCUT2D eigenvalue weighted by Gasteiger charge is 2.27. The third-order valence-corrected chi connectivity index (χ3v) is 2.01. The van der Waals surface area contributed by atoms with Crippen molar-refractivity contribution in [3.63, 3.8) is 0 Å². The number of esters is 1. The largest absolute Gasteiger partial charge is 0.480 e. The van der Waals surface area contributed by atoms with Crippen LogP contribution in [0.25, 0.3) is 0 Å². The first kappa shape index (κ1) is 15.8. The second kappa shape index (κ2) is 5.43. The maximum absolute atomic E-state index is 11.3. The molecule has 0 aromatic carbocycles. The number of nitrogens with two attached hydrogens (primary N) is 1. The van der Waals surface area contributed by atoms with E-state index in [4.69, 9.17) is 9.84 Å². The van der Waals surface area contributed by atoms with Crippen LogP contribution in [-0.4, -0.2) is 37.1 Å². The van der Waals surface area contributed by atoms with Crippen LogP contribution in [0.3, 0.4) is 0 Å². The number of nitrogens with one attached hydrogen (secondary N) is 1. The van der Waals surface area contributed by atoms with Gasteiger partial charge < -0.3 is 9.84 Å². The number of ether oxygens (including phenoxy) is 1. The molecule has 100 valence electrons. The summed E-state index contributed by atoms with van der Waals surface area (Å²) in [4.78, 5) is 22.0. The second-order valence-corrected chi connectivity index (χ2v) is 5.67. The van der Waals surface area contributed by atoms with Crippen molar-refractivity contribution < 1.29 is 27.9 Å². The molecule has 1 atom stereocenters. The Labute approximate surface area is 99.3 Å². The van der Waals surface area contributed by atoms with Crippen molar-refractivity contribution in [3.05, 3.63) is 0 Å². The van der Waals surface area contributed by atoms with E-state index in [-0.39, 0.29) is 0 Å². The standard InChI is InChI=1S/C8H16N2O6S/c1-8(2,3)16-6(11)4-5(7(12)13)10-17(9,14)15/h5,10H,4H2,1-3H3,(H,12,13)(H2,9,14,15)/t5-/m0/s1. The molecule has 8 nitrogen and oxygen atoms in total. The van der Waals surface area contributed by atoms with Gasteiger partial charge in [-0.05, 0) is 20.8 Å². The third-order valence-electron chi connectivity index (χ3n) is 1.40. The van der Waals surface area contributed by atoms with Crippen molar-refractivity contribution in [2.75, 3.05) is 0 Å². The predicted octanol–water partition coefficient (Wildman–Crippen LogP) is -1.04. The number of aliphatic carboxylic acids is 1. The Balaban J connectivity index is 4.58. The normalized spacial score (nSPS) is 14.1. The van der Waals surface area contributed by atoms with Gasteiger partial charge in [-0.1, -0.05) is 0 Å². The van der Waals surface area contributed by atoms with E-state index in [0.717, 1.165) is 0 Å². The van der Waals surface area contributed by atoms with Gasteiger partial charge in [-0.2, -0.15) is 13.1 Å². The lowest BCUT2D eigenvalue weighted by atomic mass is 10.2. The fraction of sp³-hybridized carbons (Fsp3) is 0.750. The highest BCUT2D eigenvalue weighted by Crippen LogP contribution is 2.09. The number of hydrogen-bond donors (Lipinski definition) is 3.